The molecule has 0 saturated heterocycles. The van der Waals surface area contributed by atoms with Gasteiger partial charge in [-0.05, 0) is 0 Å². The molecule has 0 heterocycles. The van der Waals surface area contributed by atoms with E-state index in [4.69, 9.17) is 24.6 Å². The van der Waals surface area contributed by atoms with E-state index in [2.05, 4.69) is 0 Å². The molecule has 0 saturated carbocycles. The van der Waals surface area contributed by atoms with Gasteiger partial charge in [0.1, 0.15) is 0 Å². The van der Waals surface area contributed by atoms with Crippen LogP contribution < -0.4 is 0 Å². The molecule has 0 bridgehead atoms. The molecule has 2 nitrogen and oxygen atoms in total. The Morgan fingerprint density at radius 1 is 1.40 bits per heavy atom. The van der Waals surface area contributed by atoms with Gasteiger partial charge < -0.3 is 0 Å². The van der Waals surface area contributed by atoms with E-state index in [0.29, 0.717) is 0 Å². The van der Waals surface area contributed by atoms with Gasteiger partial charge >= 0.3 is 73.3 Å². The Kier molecular flexibility index (Phi) is 4.08. The average molecular weight is 247 g/mol. The molecule has 0 unspecified atom stereocenters. The van der Waals surface area contributed by atoms with Crippen molar-refractivity contribution >= 4 is 37.4 Å². The molecule has 0 radical (unpaired) electrons. The zero-order chi connectivity index (χ0) is 8.36. The van der Waals surface area contributed by atoms with Crippen LogP contribution >= 0.6 is 19.9 Å². The number of carbonyl (C=O) groups excluding carboxylic acids is 1. The third-order valence-electron chi connectivity index (χ3n) is 0.532. The fraction of sp³-hybridized carbons (Fsp3) is 0.800. The molecule has 0 fully saturated rings. The molecule has 0 spiro atoms. The predicted molar refractivity (Wildman–Crippen MR) is 43.7 cm³/mol. The second-order valence-electron chi connectivity index (χ2n) is 2.71. The number of hydrogen-bond acceptors (Lipinski definition) is 2. The van der Waals surface area contributed by atoms with Crippen LogP contribution in [0.4, 0.5) is 4.79 Å². The van der Waals surface area contributed by atoms with Crippen LogP contribution in [0.2, 0.25) is 0 Å². The van der Waals surface area contributed by atoms with Crippen molar-refractivity contribution < 1.29 is 9.53 Å². The Balaban J connectivity index is 3.81. The second-order valence-corrected chi connectivity index (χ2v) is 8.87. The van der Waals surface area contributed by atoms with E-state index in [1.165, 1.54) is 0 Å². The van der Waals surface area contributed by atoms with Gasteiger partial charge in [0.15, 0.2) is 0 Å². The van der Waals surface area contributed by atoms with E-state index in [0.717, 1.165) is 0 Å². The summed E-state index contributed by atoms with van der Waals surface area (Å²) in [7, 11) is 10.7. The first-order chi connectivity index (χ1) is 4.33. The molecule has 0 rings (SSSR count). The first kappa shape index (κ1) is 10.6. The third-order valence-corrected chi connectivity index (χ3v) is 2.74. The zero-order valence-corrected chi connectivity index (χ0v) is 9.41. The summed E-state index contributed by atoms with van der Waals surface area (Å²) in [4.78, 5) is 10.7. The molecule has 0 aromatic rings. The summed E-state index contributed by atoms with van der Waals surface area (Å²) in [5.74, 6) is 0. The van der Waals surface area contributed by atoms with Crippen molar-refractivity contribution in [2.75, 3.05) is 0 Å². The number of ether oxygens (including phenoxy) is 1. The van der Waals surface area contributed by atoms with E-state index in [-0.39, 0.29) is 0 Å². The van der Waals surface area contributed by atoms with Crippen molar-refractivity contribution in [1.82, 2.24) is 0 Å². The molecule has 0 aliphatic heterocycles. The van der Waals surface area contributed by atoms with Crippen LogP contribution in [0.25, 0.3) is 0 Å². The fourth-order valence-electron chi connectivity index (χ4n) is 0.296. The zero-order valence-electron chi connectivity index (χ0n) is 6.02. The van der Waals surface area contributed by atoms with E-state index in [9.17, 15) is 4.79 Å². The maximum absolute atomic E-state index is 10.7. The number of rotatable bonds is 1. The molecule has 0 amide bonds. The normalized spacial score (nSPS) is 11.8. The van der Waals surface area contributed by atoms with Gasteiger partial charge in [0.2, 0.25) is 0 Å². The molecule has 0 aliphatic carbocycles. The maximum atomic E-state index is 10.7. The Hall–Kier alpha value is 0.608. The minimum atomic E-state index is -2.34. The fourth-order valence-corrected chi connectivity index (χ4v) is 1.37. The van der Waals surface area contributed by atoms with Gasteiger partial charge in [-0.1, -0.05) is 0 Å². The standard InChI is InChI=1S/C5H9AsCl2O2/c1-5(2,3)10-4(9)6(7)8/h1-3H3. The summed E-state index contributed by atoms with van der Waals surface area (Å²) in [5.41, 5.74) is -0.478. The first-order valence-corrected chi connectivity index (χ1v) is 8.54. The van der Waals surface area contributed by atoms with Gasteiger partial charge in [-0.3, -0.25) is 0 Å². The molecule has 60 valence electrons. The Bertz CT molecular complexity index is 130. The van der Waals surface area contributed by atoms with Gasteiger partial charge in [0.05, 0.1) is 0 Å². The van der Waals surface area contributed by atoms with E-state index < -0.39 is 23.1 Å². The van der Waals surface area contributed by atoms with Crippen molar-refractivity contribution in [3.05, 3.63) is 0 Å². The van der Waals surface area contributed by atoms with Crippen molar-refractivity contribution in [3.63, 3.8) is 0 Å². The van der Waals surface area contributed by atoms with Crippen molar-refractivity contribution in [2.45, 2.75) is 26.4 Å². The van der Waals surface area contributed by atoms with Crippen molar-refractivity contribution in [1.29, 1.82) is 0 Å². The number of hydrogen-bond donors (Lipinski definition) is 0. The second kappa shape index (κ2) is 3.84. The SMILES string of the molecule is CC(C)(C)OC(=O)[As](Cl)Cl. The van der Waals surface area contributed by atoms with Crippen LogP contribution in [0.5, 0.6) is 0 Å². The van der Waals surface area contributed by atoms with E-state index in [1.54, 1.807) is 20.8 Å². The molecule has 0 atom stereocenters. The van der Waals surface area contributed by atoms with Gasteiger partial charge in [-0.15, -0.1) is 0 Å². The Labute approximate surface area is 73.4 Å². The molecule has 10 heavy (non-hydrogen) atoms. The van der Waals surface area contributed by atoms with Gasteiger partial charge in [0, 0.05) is 0 Å². The van der Waals surface area contributed by atoms with Gasteiger partial charge in [0.25, 0.3) is 0 Å². The molecule has 5 heteroatoms. The molecule has 0 aromatic heterocycles. The molecule has 0 aliphatic rings. The van der Waals surface area contributed by atoms with Crippen LogP contribution in [-0.4, -0.2) is 23.1 Å². The Morgan fingerprint density at radius 2 is 1.80 bits per heavy atom. The average Bonchev–Trinajstić information content (AvgIpc) is 1.60. The van der Waals surface area contributed by atoms with Gasteiger partial charge in [-0.2, -0.15) is 0 Å². The molecular weight excluding hydrogens is 238 g/mol. The summed E-state index contributed by atoms with van der Waals surface area (Å²) >= 11 is -2.34. The van der Waals surface area contributed by atoms with Crippen molar-refractivity contribution in [2.24, 2.45) is 0 Å². The summed E-state index contributed by atoms with van der Waals surface area (Å²) in [5, 5.41) is 0. The monoisotopic (exact) mass is 246 g/mol. The first-order valence-electron chi connectivity index (χ1n) is 2.67. The van der Waals surface area contributed by atoms with Crippen LogP contribution in [0.15, 0.2) is 0 Å². The molecular formula is C5H9AsCl2O2. The van der Waals surface area contributed by atoms with Crippen LogP contribution in [0.1, 0.15) is 20.8 Å². The van der Waals surface area contributed by atoms with Crippen LogP contribution in [0.3, 0.4) is 0 Å². The summed E-state index contributed by atoms with van der Waals surface area (Å²) < 4.78 is 4.41. The third kappa shape index (κ3) is 5.40. The molecule has 0 N–H and O–H groups in total. The van der Waals surface area contributed by atoms with Crippen molar-refractivity contribution in [3.8, 4) is 0 Å². The summed E-state index contributed by atoms with van der Waals surface area (Å²) in [6, 6.07) is 0. The summed E-state index contributed by atoms with van der Waals surface area (Å²) in [6.07, 6.45) is 0. The van der Waals surface area contributed by atoms with E-state index >= 15 is 0 Å². The van der Waals surface area contributed by atoms with Crippen LogP contribution in [-0.2, 0) is 4.74 Å². The summed E-state index contributed by atoms with van der Waals surface area (Å²) in [6.45, 7) is 5.32. The number of halogens is 2. The quantitative estimate of drug-likeness (QED) is 0.665. The van der Waals surface area contributed by atoms with E-state index in [1.807, 2.05) is 0 Å². The van der Waals surface area contributed by atoms with Gasteiger partial charge in [-0.25, -0.2) is 0 Å². The molecule has 0 aromatic carbocycles. The Morgan fingerprint density at radius 3 is 1.90 bits per heavy atom. The number of carbonyl (C=O) groups is 1. The topological polar surface area (TPSA) is 26.3 Å². The van der Waals surface area contributed by atoms with Crippen LogP contribution in [0, 0.1) is 0 Å². The predicted octanol–water partition coefficient (Wildman–Crippen LogP) is 2.47. The minimum absolute atomic E-state index is 0.455.